The summed E-state index contributed by atoms with van der Waals surface area (Å²) in [6.07, 6.45) is 2.58. The van der Waals surface area contributed by atoms with E-state index in [-0.39, 0.29) is 0 Å². The summed E-state index contributed by atoms with van der Waals surface area (Å²) in [4.78, 5) is 8.61. The summed E-state index contributed by atoms with van der Waals surface area (Å²) in [5, 5.41) is 3.09. The van der Waals surface area contributed by atoms with E-state index in [4.69, 9.17) is 15.2 Å². The number of nitrogens with one attached hydrogen (secondary N) is 1. The first-order valence-electron chi connectivity index (χ1n) is 7.96. The minimum Gasteiger partial charge on any atom is -0.493 e. The van der Waals surface area contributed by atoms with Gasteiger partial charge in [0.1, 0.15) is 0 Å². The van der Waals surface area contributed by atoms with E-state index >= 15 is 0 Å². The molecule has 6 nitrogen and oxygen atoms in total. The molecule has 0 fully saturated rings. The summed E-state index contributed by atoms with van der Waals surface area (Å²) in [6.45, 7) is 3.71. The van der Waals surface area contributed by atoms with E-state index in [1.54, 1.807) is 13.3 Å². The normalized spacial score (nSPS) is 11.2. The minimum atomic E-state index is 0.416. The van der Waals surface area contributed by atoms with Gasteiger partial charge in [-0.15, -0.1) is 0 Å². The van der Waals surface area contributed by atoms with Crippen molar-refractivity contribution in [3.8, 4) is 11.5 Å². The van der Waals surface area contributed by atoms with Crippen LogP contribution >= 0.6 is 0 Å². The maximum atomic E-state index is 5.90. The number of ether oxygens (including phenoxy) is 2. The fraction of sp³-hybridized carbons (Fsp3) is 0.333. The Morgan fingerprint density at radius 3 is 2.83 bits per heavy atom. The first kappa shape index (κ1) is 17.6. The smallest absolute Gasteiger partial charge is 0.188 e. The summed E-state index contributed by atoms with van der Waals surface area (Å²) in [5.41, 5.74) is 7.92. The van der Waals surface area contributed by atoms with E-state index < -0.39 is 0 Å². The van der Waals surface area contributed by atoms with E-state index in [1.807, 2.05) is 43.3 Å². The van der Waals surface area contributed by atoms with Gasteiger partial charge in [-0.1, -0.05) is 12.1 Å². The number of benzene rings is 1. The Hall–Kier alpha value is -2.76. The number of hydrogen-bond donors (Lipinski definition) is 2. The van der Waals surface area contributed by atoms with Gasteiger partial charge in [-0.3, -0.25) is 4.98 Å². The third-order valence-corrected chi connectivity index (χ3v) is 3.37. The molecule has 0 radical (unpaired) electrons. The summed E-state index contributed by atoms with van der Waals surface area (Å²) in [5.74, 6) is 1.85. The summed E-state index contributed by atoms with van der Waals surface area (Å²) in [7, 11) is 1.62. The maximum absolute atomic E-state index is 5.90. The van der Waals surface area contributed by atoms with Crippen molar-refractivity contribution in [3.05, 3.63) is 53.9 Å². The first-order chi connectivity index (χ1) is 11.7. The van der Waals surface area contributed by atoms with Crippen molar-refractivity contribution in [1.82, 2.24) is 10.3 Å². The molecule has 2 rings (SSSR count). The van der Waals surface area contributed by atoms with Crippen LogP contribution in [0.15, 0.2) is 47.6 Å². The van der Waals surface area contributed by atoms with Crippen LogP contribution in [-0.2, 0) is 13.0 Å². The minimum absolute atomic E-state index is 0.416. The zero-order chi connectivity index (χ0) is 17.2. The van der Waals surface area contributed by atoms with E-state index in [2.05, 4.69) is 15.3 Å². The highest BCUT2D eigenvalue weighted by atomic mass is 16.5. The first-order valence-corrected chi connectivity index (χ1v) is 7.96. The van der Waals surface area contributed by atoms with Crippen LogP contribution in [0, 0.1) is 0 Å². The highest BCUT2D eigenvalue weighted by Gasteiger charge is 2.05. The second-order valence-electron chi connectivity index (χ2n) is 5.12. The van der Waals surface area contributed by atoms with E-state index in [9.17, 15) is 0 Å². The van der Waals surface area contributed by atoms with Crippen LogP contribution in [0.3, 0.4) is 0 Å². The molecule has 0 amide bonds. The standard InChI is InChI=1S/C18H24N4O2/c1-3-24-16-8-7-14(12-17(16)23-2)13-22-18(19)21-11-9-15-6-4-5-10-20-15/h4-8,10,12H,3,9,11,13H2,1-2H3,(H3,19,21,22). The number of methoxy groups -OCH3 is 1. The van der Waals surface area contributed by atoms with Crippen LogP contribution in [-0.4, -0.2) is 31.2 Å². The van der Waals surface area contributed by atoms with Crippen LogP contribution in [0.4, 0.5) is 0 Å². The fourth-order valence-corrected chi connectivity index (χ4v) is 2.18. The molecule has 1 aromatic carbocycles. The van der Waals surface area contributed by atoms with Crippen molar-refractivity contribution in [2.24, 2.45) is 10.7 Å². The molecule has 0 aliphatic carbocycles. The molecule has 0 unspecified atom stereocenters. The number of aromatic nitrogens is 1. The molecule has 0 bridgehead atoms. The Kier molecular flexibility index (Phi) is 6.89. The molecule has 0 aliphatic heterocycles. The number of nitrogens with two attached hydrogens (primary N) is 1. The Morgan fingerprint density at radius 2 is 2.12 bits per heavy atom. The van der Waals surface area contributed by atoms with Gasteiger partial charge >= 0.3 is 0 Å². The van der Waals surface area contributed by atoms with Crippen molar-refractivity contribution in [1.29, 1.82) is 0 Å². The second-order valence-corrected chi connectivity index (χ2v) is 5.12. The van der Waals surface area contributed by atoms with Crippen molar-refractivity contribution in [3.63, 3.8) is 0 Å². The van der Waals surface area contributed by atoms with E-state index in [0.717, 1.165) is 23.4 Å². The average molecular weight is 328 g/mol. The lowest BCUT2D eigenvalue weighted by Crippen LogP contribution is -2.33. The molecule has 0 saturated heterocycles. The van der Waals surface area contributed by atoms with Gasteiger partial charge in [-0.2, -0.15) is 0 Å². The maximum Gasteiger partial charge on any atom is 0.188 e. The lowest BCUT2D eigenvalue weighted by Gasteiger charge is -2.10. The van der Waals surface area contributed by atoms with E-state index in [0.29, 0.717) is 31.4 Å². The zero-order valence-corrected chi connectivity index (χ0v) is 14.2. The number of aliphatic imine (C=N–C) groups is 1. The Balaban J connectivity index is 1.85. The summed E-state index contributed by atoms with van der Waals surface area (Å²) >= 11 is 0. The fourth-order valence-electron chi connectivity index (χ4n) is 2.18. The molecular formula is C18H24N4O2. The number of hydrogen-bond acceptors (Lipinski definition) is 4. The largest absolute Gasteiger partial charge is 0.493 e. The molecule has 0 spiro atoms. The van der Waals surface area contributed by atoms with Crippen LogP contribution in [0.25, 0.3) is 0 Å². The topological polar surface area (TPSA) is 81.8 Å². The van der Waals surface area contributed by atoms with Crippen molar-refractivity contribution < 1.29 is 9.47 Å². The summed E-state index contributed by atoms with van der Waals surface area (Å²) in [6, 6.07) is 11.6. The second kappa shape index (κ2) is 9.39. The number of nitrogens with zero attached hydrogens (tertiary/aromatic N) is 2. The molecule has 128 valence electrons. The molecule has 0 aliphatic rings. The Morgan fingerprint density at radius 1 is 1.25 bits per heavy atom. The molecular weight excluding hydrogens is 304 g/mol. The van der Waals surface area contributed by atoms with Gasteiger partial charge in [-0.05, 0) is 36.8 Å². The lowest BCUT2D eigenvalue weighted by atomic mass is 10.2. The number of pyridine rings is 1. The molecule has 2 aromatic rings. The van der Waals surface area contributed by atoms with Gasteiger partial charge in [0.05, 0.1) is 20.3 Å². The molecule has 1 aromatic heterocycles. The third-order valence-electron chi connectivity index (χ3n) is 3.37. The highest BCUT2D eigenvalue weighted by molar-refractivity contribution is 5.77. The third kappa shape index (κ3) is 5.46. The molecule has 24 heavy (non-hydrogen) atoms. The number of guanidine groups is 1. The van der Waals surface area contributed by atoms with Crippen LogP contribution in [0.5, 0.6) is 11.5 Å². The number of rotatable bonds is 8. The average Bonchev–Trinajstić information content (AvgIpc) is 2.62. The Bertz CT molecular complexity index is 659. The van der Waals surface area contributed by atoms with Gasteiger partial charge in [0, 0.05) is 24.9 Å². The van der Waals surface area contributed by atoms with Gasteiger partial charge in [0.15, 0.2) is 17.5 Å². The summed E-state index contributed by atoms with van der Waals surface area (Å²) < 4.78 is 10.8. The van der Waals surface area contributed by atoms with Crippen LogP contribution < -0.4 is 20.5 Å². The lowest BCUT2D eigenvalue weighted by molar-refractivity contribution is 0.310. The molecule has 0 atom stereocenters. The predicted molar refractivity (Wildman–Crippen MR) is 95.4 cm³/mol. The SMILES string of the molecule is CCOc1ccc(CN=C(N)NCCc2ccccn2)cc1OC. The van der Waals surface area contributed by atoms with E-state index in [1.165, 1.54) is 0 Å². The van der Waals surface area contributed by atoms with Gasteiger partial charge in [-0.25, -0.2) is 4.99 Å². The van der Waals surface area contributed by atoms with Crippen LogP contribution in [0.2, 0.25) is 0 Å². The molecule has 6 heteroatoms. The van der Waals surface area contributed by atoms with Crippen molar-refractivity contribution in [2.45, 2.75) is 19.9 Å². The van der Waals surface area contributed by atoms with Gasteiger partial charge in [0.2, 0.25) is 0 Å². The van der Waals surface area contributed by atoms with Crippen molar-refractivity contribution >= 4 is 5.96 Å². The van der Waals surface area contributed by atoms with Crippen LogP contribution in [0.1, 0.15) is 18.2 Å². The predicted octanol–water partition coefficient (Wildman–Crippen LogP) is 2.14. The monoisotopic (exact) mass is 328 g/mol. The van der Waals surface area contributed by atoms with Gasteiger partial charge < -0.3 is 20.5 Å². The quantitative estimate of drug-likeness (QED) is 0.573. The molecule has 3 N–H and O–H groups in total. The Labute approximate surface area is 142 Å². The van der Waals surface area contributed by atoms with Crippen molar-refractivity contribution in [2.75, 3.05) is 20.3 Å². The molecule has 1 heterocycles. The highest BCUT2D eigenvalue weighted by Crippen LogP contribution is 2.28. The molecule has 0 saturated carbocycles. The zero-order valence-electron chi connectivity index (χ0n) is 14.2. The van der Waals surface area contributed by atoms with Gasteiger partial charge in [0.25, 0.3) is 0 Å².